The number of ether oxygens (including phenoxy) is 1. The number of rotatable bonds is 5. The minimum absolute atomic E-state index is 0.000334. The fraction of sp³-hybridized carbons (Fsp3) is 0.316. The van der Waals surface area contributed by atoms with E-state index in [-0.39, 0.29) is 17.6 Å². The summed E-state index contributed by atoms with van der Waals surface area (Å²) in [5.41, 5.74) is 2.44. The Bertz CT molecular complexity index is 773. The van der Waals surface area contributed by atoms with Crippen LogP contribution in [0.1, 0.15) is 36.9 Å². The minimum Gasteiger partial charge on any atom is -0.481 e. The summed E-state index contributed by atoms with van der Waals surface area (Å²) in [4.78, 5) is 22.6. The van der Waals surface area contributed by atoms with Gasteiger partial charge in [0.25, 0.3) is 11.6 Å². The third kappa shape index (κ3) is 3.96. The zero-order valence-corrected chi connectivity index (χ0v) is 14.0. The molecule has 6 heteroatoms. The van der Waals surface area contributed by atoms with Gasteiger partial charge in [0.05, 0.1) is 11.0 Å². The molecule has 2 aromatic rings. The number of hydrogen-bond acceptors (Lipinski definition) is 4. The van der Waals surface area contributed by atoms with E-state index in [1.807, 2.05) is 12.1 Å². The van der Waals surface area contributed by atoms with Crippen molar-refractivity contribution in [1.82, 2.24) is 5.32 Å². The fourth-order valence-corrected chi connectivity index (χ4v) is 3.10. The number of hydrogen-bond donors (Lipinski definition) is 1. The highest BCUT2D eigenvalue weighted by Crippen LogP contribution is 2.29. The Morgan fingerprint density at radius 3 is 2.68 bits per heavy atom. The molecule has 1 aliphatic rings. The van der Waals surface area contributed by atoms with Crippen LogP contribution in [-0.2, 0) is 11.2 Å². The lowest BCUT2D eigenvalue weighted by molar-refractivity contribution is -0.384. The first-order chi connectivity index (χ1) is 12.0. The van der Waals surface area contributed by atoms with E-state index >= 15 is 0 Å². The SMILES string of the molecule is CC(Oc1ccc([N+](=O)[O-])cc1)C(=O)NC1CCCc2ccccc21. The van der Waals surface area contributed by atoms with Crippen LogP contribution < -0.4 is 10.1 Å². The molecule has 130 valence electrons. The molecule has 1 N–H and O–H groups in total. The molecule has 0 aromatic heterocycles. The van der Waals surface area contributed by atoms with Crippen LogP contribution in [-0.4, -0.2) is 16.9 Å². The van der Waals surface area contributed by atoms with Crippen molar-refractivity contribution in [2.24, 2.45) is 0 Å². The van der Waals surface area contributed by atoms with Gasteiger partial charge in [-0.3, -0.25) is 14.9 Å². The number of benzene rings is 2. The minimum atomic E-state index is -0.685. The van der Waals surface area contributed by atoms with Gasteiger partial charge in [0.1, 0.15) is 5.75 Å². The summed E-state index contributed by atoms with van der Waals surface area (Å²) in [6, 6.07) is 13.9. The summed E-state index contributed by atoms with van der Waals surface area (Å²) in [7, 11) is 0. The van der Waals surface area contributed by atoms with E-state index in [1.54, 1.807) is 6.92 Å². The number of nitrogens with one attached hydrogen (secondary N) is 1. The number of aryl methyl sites for hydroxylation is 1. The second kappa shape index (κ2) is 7.34. The van der Waals surface area contributed by atoms with Crippen molar-refractivity contribution in [1.29, 1.82) is 0 Å². The van der Waals surface area contributed by atoms with Crippen LogP contribution in [0.5, 0.6) is 5.75 Å². The molecule has 0 fully saturated rings. The van der Waals surface area contributed by atoms with Crippen molar-refractivity contribution in [3.8, 4) is 5.75 Å². The van der Waals surface area contributed by atoms with E-state index in [2.05, 4.69) is 17.4 Å². The molecule has 0 saturated heterocycles. The van der Waals surface area contributed by atoms with Crippen molar-refractivity contribution >= 4 is 11.6 Å². The maximum atomic E-state index is 12.5. The molecule has 0 spiro atoms. The maximum Gasteiger partial charge on any atom is 0.269 e. The van der Waals surface area contributed by atoms with E-state index < -0.39 is 11.0 Å². The highest BCUT2D eigenvalue weighted by atomic mass is 16.6. The van der Waals surface area contributed by atoms with E-state index in [0.717, 1.165) is 19.3 Å². The number of carbonyl (C=O) groups excluding carboxylic acids is 1. The van der Waals surface area contributed by atoms with Gasteiger partial charge in [-0.2, -0.15) is 0 Å². The molecule has 0 radical (unpaired) electrons. The van der Waals surface area contributed by atoms with Crippen LogP contribution in [0.25, 0.3) is 0 Å². The fourth-order valence-electron chi connectivity index (χ4n) is 3.10. The number of non-ortho nitro benzene ring substituents is 1. The first-order valence-corrected chi connectivity index (χ1v) is 8.34. The highest BCUT2D eigenvalue weighted by molar-refractivity contribution is 5.81. The number of fused-ring (bicyclic) bond motifs is 1. The van der Waals surface area contributed by atoms with Crippen LogP contribution in [0.2, 0.25) is 0 Å². The Kier molecular flexibility index (Phi) is 4.97. The number of nitro benzene ring substituents is 1. The smallest absolute Gasteiger partial charge is 0.269 e. The Morgan fingerprint density at radius 1 is 1.24 bits per heavy atom. The first kappa shape index (κ1) is 17.0. The average molecular weight is 340 g/mol. The van der Waals surface area contributed by atoms with Crippen LogP contribution in [0.15, 0.2) is 48.5 Å². The molecular weight excluding hydrogens is 320 g/mol. The van der Waals surface area contributed by atoms with Crippen molar-refractivity contribution in [2.45, 2.75) is 38.3 Å². The van der Waals surface area contributed by atoms with E-state index in [9.17, 15) is 14.9 Å². The normalized spacial score (nSPS) is 17.2. The third-order valence-electron chi connectivity index (χ3n) is 4.42. The Hall–Kier alpha value is -2.89. The van der Waals surface area contributed by atoms with Gasteiger partial charge in [0.2, 0.25) is 0 Å². The Morgan fingerprint density at radius 2 is 1.96 bits per heavy atom. The van der Waals surface area contributed by atoms with Crippen LogP contribution in [0, 0.1) is 10.1 Å². The van der Waals surface area contributed by atoms with Crippen molar-refractivity contribution in [3.63, 3.8) is 0 Å². The second-order valence-electron chi connectivity index (χ2n) is 6.16. The van der Waals surface area contributed by atoms with E-state index in [0.29, 0.717) is 5.75 Å². The zero-order valence-electron chi connectivity index (χ0n) is 14.0. The quantitative estimate of drug-likeness (QED) is 0.666. The summed E-state index contributed by atoms with van der Waals surface area (Å²) < 4.78 is 5.61. The van der Waals surface area contributed by atoms with Gasteiger partial charge in [-0.1, -0.05) is 24.3 Å². The van der Waals surface area contributed by atoms with Crippen LogP contribution in [0.4, 0.5) is 5.69 Å². The molecule has 6 nitrogen and oxygen atoms in total. The highest BCUT2D eigenvalue weighted by Gasteiger charge is 2.24. The largest absolute Gasteiger partial charge is 0.481 e. The summed E-state index contributed by atoms with van der Waals surface area (Å²) >= 11 is 0. The average Bonchev–Trinajstić information content (AvgIpc) is 2.62. The first-order valence-electron chi connectivity index (χ1n) is 8.34. The van der Waals surface area contributed by atoms with Gasteiger partial charge in [0, 0.05) is 12.1 Å². The van der Waals surface area contributed by atoms with Gasteiger partial charge >= 0.3 is 0 Å². The lowest BCUT2D eigenvalue weighted by Crippen LogP contribution is -2.39. The zero-order chi connectivity index (χ0) is 17.8. The summed E-state index contributed by atoms with van der Waals surface area (Å²) in [6.07, 6.45) is 2.31. The molecule has 2 atom stereocenters. The molecule has 1 amide bonds. The topological polar surface area (TPSA) is 81.5 Å². The lowest BCUT2D eigenvalue weighted by atomic mass is 9.87. The van der Waals surface area contributed by atoms with Crippen molar-refractivity contribution < 1.29 is 14.5 Å². The standard InChI is InChI=1S/C19H20N2O4/c1-13(25-16-11-9-15(10-12-16)21(23)24)19(22)20-18-8-4-6-14-5-2-3-7-17(14)18/h2-3,5,7,9-13,18H,4,6,8H2,1H3,(H,20,22). The molecular formula is C19H20N2O4. The lowest BCUT2D eigenvalue weighted by Gasteiger charge is -2.27. The third-order valence-corrected chi connectivity index (χ3v) is 4.42. The molecule has 1 aliphatic carbocycles. The summed E-state index contributed by atoms with van der Waals surface area (Å²) in [5.74, 6) is 0.234. The number of carbonyl (C=O) groups is 1. The molecule has 2 unspecified atom stereocenters. The molecule has 3 rings (SSSR count). The van der Waals surface area contributed by atoms with E-state index in [1.165, 1.54) is 35.4 Å². The van der Waals surface area contributed by atoms with Crippen LogP contribution >= 0.6 is 0 Å². The van der Waals surface area contributed by atoms with Crippen LogP contribution in [0.3, 0.4) is 0 Å². The van der Waals surface area contributed by atoms with E-state index in [4.69, 9.17) is 4.74 Å². The van der Waals surface area contributed by atoms with Gasteiger partial charge in [0.15, 0.2) is 6.10 Å². The molecule has 0 aliphatic heterocycles. The van der Waals surface area contributed by atoms with Gasteiger partial charge in [-0.25, -0.2) is 0 Å². The number of amides is 1. The number of nitrogens with zero attached hydrogens (tertiary/aromatic N) is 1. The predicted molar refractivity (Wildman–Crippen MR) is 93.5 cm³/mol. The molecule has 2 aromatic carbocycles. The predicted octanol–water partition coefficient (Wildman–Crippen LogP) is 3.56. The monoisotopic (exact) mass is 340 g/mol. The Balaban J connectivity index is 1.62. The van der Waals surface area contributed by atoms with Gasteiger partial charge in [-0.15, -0.1) is 0 Å². The maximum absolute atomic E-state index is 12.5. The van der Waals surface area contributed by atoms with Gasteiger partial charge < -0.3 is 10.1 Å². The second-order valence-corrected chi connectivity index (χ2v) is 6.16. The summed E-state index contributed by atoms with van der Waals surface area (Å²) in [6.45, 7) is 1.67. The molecule has 25 heavy (non-hydrogen) atoms. The summed E-state index contributed by atoms with van der Waals surface area (Å²) in [5, 5.41) is 13.7. The molecule has 0 bridgehead atoms. The van der Waals surface area contributed by atoms with Crippen molar-refractivity contribution in [3.05, 3.63) is 69.8 Å². The Labute approximate surface area is 146 Å². The van der Waals surface area contributed by atoms with Crippen molar-refractivity contribution in [2.75, 3.05) is 0 Å². The molecule has 0 heterocycles. The number of nitro groups is 1. The van der Waals surface area contributed by atoms with Gasteiger partial charge in [-0.05, 0) is 49.4 Å². The molecule has 0 saturated carbocycles.